The lowest BCUT2D eigenvalue weighted by Crippen LogP contribution is -2.04. The number of pyridine rings is 2. The Morgan fingerprint density at radius 3 is 1.90 bits per heavy atom. The van der Waals surface area contributed by atoms with E-state index in [2.05, 4.69) is 35.2 Å². The fraction of sp³-hybridized carbons (Fsp3) is 0.231. The van der Waals surface area contributed by atoms with Gasteiger partial charge in [0.15, 0.2) is 22.6 Å². The maximum absolute atomic E-state index is 13.9. The quantitative estimate of drug-likeness (QED) is 0.267. The second-order valence-corrected chi connectivity index (χ2v) is 9.72. The normalized spacial score (nSPS) is 12.5. The lowest BCUT2D eigenvalue weighted by atomic mass is 10.2. The standard InChI is InChI=1S/C13H9ClFN5.C7H9N3.C6HCl2FN2/c14-11-7(5-16)4-9(15)13(19-11)20-12-8-2-1-3-10(8)17-6-18-12;8-7-5-2-1-3-6(5)9-4-10-7;7-5-3(2-10)1-4(9)6(8)11-5/h4,6H,1-3H2,(H,17,18,19,20);4H,1-3H2,(H2,8,9,10);1H. The van der Waals surface area contributed by atoms with Crippen LogP contribution in [0, 0.1) is 34.3 Å². The molecule has 41 heavy (non-hydrogen) atoms. The molecule has 10 nitrogen and oxygen atoms in total. The van der Waals surface area contributed by atoms with Crippen LogP contribution in [0.5, 0.6) is 0 Å². The van der Waals surface area contributed by atoms with Crippen LogP contribution in [0.15, 0.2) is 24.8 Å². The van der Waals surface area contributed by atoms with E-state index in [0.29, 0.717) is 11.6 Å². The van der Waals surface area contributed by atoms with Crippen LogP contribution in [0.2, 0.25) is 15.5 Å². The van der Waals surface area contributed by atoms with Gasteiger partial charge in [0, 0.05) is 22.5 Å². The molecule has 3 N–H and O–H groups in total. The highest BCUT2D eigenvalue weighted by Gasteiger charge is 2.19. The number of nitrogens with one attached hydrogen (secondary N) is 1. The average molecular weight is 616 g/mol. The molecule has 4 aromatic rings. The van der Waals surface area contributed by atoms with Gasteiger partial charge in [-0.25, -0.2) is 38.7 Å². The number of halogens is 5. The van der Waals surface area contributed by atoms with Gasteiger partial charge in [0.05, 0.1) is 11.1 Å². The number of nitrogen functional groups attached to an aromatic ring is 1. The Morgan fingerprint density at radius 1 is 0.707 bits per heavy atom. The molecule has 0 unspecified atom stereocenters. The van der Waals surface area contributed by atoms with Crippen molar-refractivity contribution in [3.8, 4) is 12.1 Å². The van der Waals surface area contributed by atoms with Gasteiger partial charge in [-0.05, 0) is 50.7 Å². The van der Waals surface area contributed by atoms with Crippen molar-refractivity contribution in [2.24, 2.45) is 0 Å². The number of nitriles is 2. The van der Waals surface area contributed by atoms with E-state index in [4.69, 9.17) is 51.1 Å². The molecule has 4 aromatic heterocycles. The molecular formula is C26H19Cl3F2N10. The van der Waals surface area contributed by atoms with Gasteiger partial charge in [0.25, 0.3) is 0 Å². The number of aryl methyl sites for hydroxylation is 2. The van der Waals surface area contributed by atoms with Crippen LogP contribution in [0.25, 0.3) is 0 Å². The number of fused-ring (bicyclic) bond motifs is 2. The first-order chi connectivity index (χ1) is 19.7. The summed E-state index contributed by atoms with van der Waals surface area (Å²) in [5.74, 6) is -0.215. The third-order valence-corrected chi connectivity index (χ3v) is 6.92. The Morgan fingerprint density at radius 2 is 1.27 bits per heavy atom. The zero-order chi connectivity index (χ0) is 29.5. The molecule has 0 saturated carbocycles. The lowest BCUT2D eigenvalue weighted by molar-refractivity contribution is 0.621. The Kier molecular flexibility index (Phi) is 9.73. The molecule has 15 heteroatoms. The van der Waals surface area contributed by atoms with E-state index in [1.54, 1.807) is 18.5 Å². The maximum Gasteiger partial charge on any atom is 0.169 e. The number of hydrogen-bond acceptors (Lipinski definition) is 10. The number of rotatable bonds is 2. The molecule has 0 atom stereocenters. The summed E-state index contributed by atoms with van der Waals surface area (Å²) in [4.78, 5) is 23.6. The van der Waals surface area contributed by atoms with Crippen LogP contribution in [0.4, 0.5) is 26.2 Å². The largest absolute Gasteiger partial charge is 0.383 e. The van der Waals surface area contributed by atoms with Crippen LogP contribution < -0.4 is 11.1 Å². The summed E-state index contributed by atoms with van der Waals surface area (Å²) in [7, 11) is 0. The Labute approximate surface area is 248 Å². The van der Waals surface area contributed by atoms with Crippen molar-refractivity contribution < 1.29 is 8.78 Å². The summed E-state index contributed by atoms with van der Waals surface area (Å²) in [6.07, 6.45) is 9.05. The molecule has 0 fully saturated rings. The molecule has 208 valence electrons. The van der Waals surface area contributed by atoms with Crippen molar-refractivity contribution in [3.05, 3.63) is 85.5 Å². The third kappa shape index (κ3) is 7.11. The van der Waals surface area contributed by atoms with Crippen LogP contribution in [-0.2, 0) is 25.7 Å². The summed E-state index contributed by atoms with van der Waals surface area (Å²) in [6.45, 7) is 0. The first-order valence-corrected chi connectivity index (χ1v) is 13.2. The predicted octanol–water partition coefficient (Wildman–Crippen LogP) is 5.71. The van der Waals surface area contributed by atoms with E-state index >= 15 is 0 Å². The fourth-order valence-electron chi connectivity index (χ4n) is 4.12. The van der Waals surface area contributed by atoms with Gasteiger partial charge in [-0.1, -0.05) is 34.8 Å². The summed E-state index contributed by atoms with van der Waals surface area (Å²) in [5.41, 5.74) is 9.87. The Bertz CT molecular complexity index is 1690. The van der Waals surface area contributed by atoms with E-state index in [-0.39, 0.29) is 32.4 Å². The summed E-state index contributed by atoms with van der Waals surface area (Å²) < 4.78 is 26.4. The van der Waals surface area contributed by atoms with Crippen molar-refractivity contribution in [1.82, 2.24) is 29.9 Å². The smallest absolute Gasteiger partial charge is 0.169 e. The van der Waals surface area contributed by atoms with E-state index in [1.807, 2.05) is 0 Å². The van der Waals surface area contributed by atoms with Crippen molar-refractivity contribution in [2.45, 2.75) is 38.5 Å². The molecule has 0 spiro atoms. The zero-order valence-corrected chi connectivity index (χ0v) is 23.4. The summed E-state index contributed by atoms with van der Waals surface area (Å²) in [5, 5.41) is 19.5. The van der Waals surface area contributed by atoms with Crippen LogP contribution in [-0.4, -0.2) is 29.9 Å². The van der Waals surface area contributed by atoms with Crippen molar-refractivity contribution >= 4 is 52.3 Å². The van der Waals surface area contributed by atoms with Crippen molar-refractivity contribution in [3.63, 3.8) is 0 Å². The molecule has 2 aliphatic rings. The molecule has 6 rings (SSSR count). The number of nitrogens with zero attached hydrogens (tertiary/aromatic N) is 8. The summed E-state index contributed by atoms with van der Waals surface area (Å²) in [6, 6.07) is 5.45. The lowest BCUT2D eigenvalue weighted by Gasteiger charge is -2.10. The molecular weight excluding hydrogens is 597 g/mol. The highest BCUT2D eigenvalue weighted by Crippen LogP contribution is 2.29. The van der Waals surface area contributed by atoms with Crippen molar-refractivity contribution in [2.75, 3.05) is 11.1 Å². The number of nitrogens with two attached hydrogens (primary N) is 1. The minimum absolute atomic E-state index is 0.00244. The van der Waals surface area contributed by atoms with E-state index < -0.39 is 11.6 Å². The van der Waals surface area contributed by atoms with E-state index in [9.17, 15) is 8.78 Å². The van der Waals surface area contributed by atoms with Gasteiger partial charge in [-0.2, -0.15) is 10.5 Å². The van der Waals surface area contributed by atoms with E-state index in [1.165, 1.54) is 18.3 Å². The van der Waals surface area contributed by atoms with Gasteiger partial charge in [-0.15, -0.1) is 0 Å². The average Bonchev–Trinajstić information content (AvgIpc) is 3.64. The third-order valence-electron chi connectivity index (χ3n) is 6.08. The SMILES string of the molecule is N#Cc1cc(F)c(Cl)nc1Cl.N#Cc1cc(F)c(Nc2ncnc3c2CCC3)nc1Cl.Nc1ncnc2c1CCC2. The topological polar surface area (TPSA) is 163 Å². The summed E-state index contributed by atoms with van der Waals surface area (Å²) >= 11 is 16.5. The molecule has 0 aromatic carbocycles. The van der Waals surface area contributed by atoms with Gasteiger partial charge in [0.2, 0.25) is 0 Å². The molecule has 0 radical (unpaired) electrons. The predicted molar refractivity (Wildman–Crippen MR) is 149 cm³/mol. The molecule has 2 aliphatic carbocycles. The molecule has 0 saturated heterocycles. The van der Waals surface area contributed by atoms with Crippen LogP contribution >= 0.6 is 34.8 Å². The highest BCUT2D eigenvalue weighted by molar-refractivity contribution is 6.33. The number of hydrogen-bond donors (Lipinski definition) is 2. The molecule has 0 aliphatic heterocycles. The van der Waals surface area contributed by atoms with Gasteiger partial charge >= 0.3 is 0 Å². The second kappa shape index (κ2) is 13.4. The first-order valence-electron chi connectivity index (χ1n) is 12.1. The van der Waals surface area contributed by atoms with Gasteiger partial charge in [0.1, 0.15) is 46.7 Å². The Hall–Kier alpha value is -4.23. The van der Waals surface area contributed by atoms with Crippen LogP contribution in [0.3, 0.4) is 0 Å². The Balaban J connectivity index is 0.000000156. The highest BCUT2D eigenvalue weighted by atomic mass is 35.5. The van der Waals surface area contributed by atoms with E-state index in [0.717, 1.165) is 61.2 Å². The maximum atomic E-state index is 13.9. The molecule has 0 amide bonds. The first kappa shape index (κ1) is 29.7. The minimum Gasteiger partial charge on any atom is -0.383 e. The van der Waals surface area contributed by atoms with Crippen molar-refractivity contribution in [1.29, 1.82) is 10.5 Å². The zero-order valence-electron chi connectivity index (χ0n) is 21.1. The second-order valence-electron chi connectivity index (χ2n) is 8.64. The monoisotopic (exact) mass is 614 g/mol. The fourth-order valence-corrected chi connectivity index (χ4v) is 4.67. The van der Waals surface area contributed by atoms with Gasteiger partial charge < -0.3 is 11.1 Å². The minimum atomic E-state index is -0.743. The number of aromatic nitrogens is 6. The number of anilines is 3. The molecule has 0 bridgehead atoms. The van der Waals surface area contributed by atoms with Crippen LogP contribution in [0.1, 0.15) is 46.5 Å². The van der Waals surface area contributed by atoms with Gasteiger partial charge in [-0.3, -0.25) is 0 Å². The molecule has 4 heterocycles.